The quantitative estimate of drug-likeness (QED) is 0.233. The van der Waals surface area contributed by atoms with Gasteiger partial charge in [0.05, 0.1) is 6.61 Å². The number of thioether (sulfide) groups is 1. The maximum Gasteiger partial charge on any atom is 0.303 e. The molecule has 1 aromatic rings. The lowest BCUT2D eigenvalue weighted by molar-refractivity contribution is -0.237. The molecule has 0 N–H and O–H groups in total. The molecule has 0 saturated carbocycles. The maximum atomic E-state index is 11.9. The summed E-state index contributed by atoms with van der Waals surface area (Å²) in [5.41, 5.74) is 1.33. The summed E-state index contributed by atoms with van der Waals surface area (Å²) in [6.45, 7) is 11.0. The van der Waals surface area contributed by atoms with Gasteiger partial charge < -0.3 is 28.4 Å². The van der Waals surface area contributed by atoms with Crippen molar-refractivity contribution in [3.8, 4) is 5.75 Å². The minimum atomic E-state index is -1.18. The van der Waals surface area contributed by atoms with Crippen molar-refractivity contribution in [3.05, 3.63) is 29.3 Å². The summed E-state index contributed by atoms with van der Waals surface area (Å²) in [5, 5.41) is 0. The predicted molar refractivity (Wildman–Crippen MR) is 135 cm³/mol. The standard InChI is InChI=1S/C26H36O10S/c1-14(2)20-9-8-15(3)12-21(20)31-10-11-37-26-25(35-19(7)30)24(34-18(6)29)23(33-17(5)28)22(36-26)13-32-16(4)27/h8-9,12,14,22-26H,10-11,13H2,1-7H3/t22-,23+,24-,25+,26+/m0/s1. The molecule has 0 spiro atoms. The van der Waals surface area contributed by atoms with Crippen LogP contribution >= 0.6 is 11.8 Å². The summed E-state index contributed by atoms with van der Waals surface area (Å²) in [4.78, 5) is 47.1. The SMILES string of the molecule is CC(=O)OC[C@@H]1O[C@H](SCCOc2cc(C)ccc2C(C)C)[C@H](OC(C)=O)[C@@H](OC(C)=O)[C@@H]1OC(C)=O. The normalized spacial score (nSPS) is 23.2. The molecule has 10 nitrogen and oxygen atoms in total. The molecule has 1 aliphatic heterocycles. The minimum absolute atomic E-state index is 0.258. The molecule has 1 fully saturated rings. The first-order valence-electron chi connectivity index (χ1n) is 12.0. The summed E-state index contributed by atoms with van der Waals surface area (Å²) in [6.07, 6.45) is -4.40. The van der Waals surface area contributed by atoms with Gasteiger partial charge in [-0.2, -0.15) is 0 Å². The maximum absolute atomic E-state index is 11.9. The van der Waals surface area contributed by atoms with Gasteiger partial charge in [0, 0.05) is 33.4 Å². The van der Waals surface area contributed by atoms with E-state index in [9.17, 15) is 19.2 Å². The fraction of sp³-hybridized carbons (Fsp3) is 0.615. The first-order chi connectivity index (χ1) is 17.4. The number of aryl methyl sites for hydroxylation is 1. The van der Waals surface area contributed by atoms with Gasteiger partial charge in [0.1, 0.15) is 23.9 Å². The summed E-state index contributed by atoms with van der Waals surface area (Å²) >= 11 is 1.28. The van der Waals surface area contributed by atoms with Crippen LogP contribution in [0.2, 0.25) is 0 Å². The van der Waals surface area contributed by atoms with E-state index in [1.807, 2.05) is 25.1 Å². The van der Waals surface area contributed by atoms with Gasteiger partial charge in [0.15, 0.2) is 18.3 Å². The van der Waals surface area contributed by atoms with Crippen LogP contribution in [0.1, 0.15) is 58.6 Å². The van der Waals surface area contributed by atoms with Crippen LogP contribution in [0, 0.1) is 6.92 Å². The fourth-order valence-electron chi connectivity index (χ4n) is 3.88. The van der Waals surface area contributed by atoms with Gasteiger partial charge in [0.2, 0.25) is 0 Å². The van der Waals surface area contributed by atoms with Crippen LogP contribution in [0.25, 0.3) is 0 Å². The summed E-state index contributed by atoms with van der Waals surface area (Å²) in [7, 11) is 0. The largest absolute Gasteiger partial charge is 0.492 e. The molecular formula is C26H36O10S. The van der Waals surface area contributed by atoms with Crippen molar-refractivity contribution < 1.29 is 47.6 Å². The van der Waals surface area contributed by atoms with Crippen LogP contribution in [-0.4, -0.2) is 72.7 Å². The Morgan fingerprint density at radius 2 is 1.49 bits per heavy atom. The van der Waals surface area contributed by atoms with Crippen LogP contribution in [-0.2, 0) is 42.9 Å². The molecule has 0 aliphatic carbocycles. The molecule has 11 heteroatoms. The van der Waals surface area contributed by atoms with Gasteiger partial charge in [-0.05, 0) is 30.0 Å². The Morgan fingerprint density at radius 1 is 0.892 bits per heavy atom. The molecule has 37 heavy (non-hydrogen) atoms. The Kier molecular flexibility index (Phi) is 11.7. The second-order valence-corrected chi connectivity index (χ2v) is 10.2. The van der Waals surface area contributed by atoms with Gasteiger partial charge in [-0.15, -0.1) is 11.8 Å². The van der Waals surface area contributed by atoms with Crippen LogP contribution in [0.15, 0.2) is 18.2 Å². The van der Waals surface area contributed by atoms with E-state index in [1.165, 1.54) is 39.5 Å². The van der Waals surface area contributed by atoms with Crippen molar-refractivity contribution in [2.45, 2.75) is 84.2 Å². The van der Waals surface area contributed by atoms with Crippen molar-refractivity contribution in [2.24, 2.45) is 0 Å². The zero-order valence-electron chi connectivity index (χ0n) is 22.3. The van der Waals surface area contributed by atoms with E-state index in [0.29, 0.717) is 12.4 Å². The molecule has 1 aliphatic rings. The molecule has 0 radical (unpaired) electrons. The van der Waals surface area contributed by atoms with Crippen molar-refractivity contribution in [1.82, 2.24) is 0 Å². The Labute approximate surface area is 221 Å². The summed E-state index contributed by atoms with van der Waals surface area (Å²) in [6, 6.07) is 6.06. The molecule has 0 bridgehead atoms. The highest BCUT2D eigenvalue weighted by molar-refractivity contribution is 7.99. The van der Waals surface area contributed by atoms with E-state index >= 15 is 0 Å². The van der Waals surface area contributed by atoms with E-state index in [2.05, 4.69) is 13.8 Å². The number of esters is 4. The van der Waals surface area contributed by atoms with E-state index in [4.69, 9.17) is 28.4 Å². The number of carbonyl (C=O) groups is 4. The molecule has 1 aromatic carbocycles. The molecule has 1 heterocycles. The lowest BCUT2D eigenvalue weighted by atomic mass is 9.99. The van der Waals surface area contributed by atoms with Crippen LogP contribution in [0.5, 0.6) is 5.75 Å². The zero-order chi connectivity index (χ0) is 27.7. The van der Waals surface area contributed by atoms with Gasteiger partial charge in [-0.25, -0.2) is 0 Å². The average molecular weight is 541 g/mol. The minimum Gasteiger partial charge on any atom is -0.492 e. The Hall–Kier alpha value is -2.79. The number of carbonyl (C=O) groups excluding carboxylic acids is 4. The van der Waals surface area contributed by atoms with Crippen LogP contribution in [0.3, 0.4) is 0 Å². The van der Waals surface area contributed by atoms with Gasteiger partial charge >= 0.3 is 23.9 Å². The first kappa shape index (κ1) is 30.4. The third-order valence-corrected chi connectivity index (χ3v) is 6.47. The Bertz CT molecular complexity index is 963. The van der Waals surface area contributed by atoms with Gasteiger partial charge in [-0.3, -0.25) is 19.2 Å². The first-order valence-corrected chi connectivity index (χ1v) is 13.1. The van der Waals surface area contributed by atoms with E-state index in [1.54, 1.807) is 0 Å². The van der Waals surface area contributed by atoms with Crippen molar-refractivity contribution in [2.75, 3.05) is 19.0 Å². The number of benzene rings is 1. The summed E-state index contributed by atoms with van der Waals surface area (Å²) in [5.74, 6) is -1.03. The molecule has 1 saturated heterocycles. The van der Waals surface area contributed by atoms with E-state index in [0.717, 1.165) is 16.9 Å². The smallest absolute Gasteiger partial charge is 0.303 e. The fourth-order valence-corrected chi connectivity index (χ4v) is 4.92. The van der Waals surface area contributed by atoms with E-state index in [-0.39, 0.29) is 12.5 Å². The second-order valence-electron chi connectivity index (χ2n) is 8.98. The number of hydrogen-bond donors (Lipinski definition) is 0. The number of hydrogen-bond acceptors (Lipinski definition) is 11. The third-order valence-electron chi connectivity index (χ3n) is 5.36. The molecule has 206 valence electrons. The molecule has 5 atom stereocenters. The van der Waals surface area contributed by atoms with Gasteiger partial charge in [0.25, 0.3) is 0 Å². The molecular weight excluding hydrogens is 504 g/mol. The molecule has 0 unspecified atom stereocenters. The Morgan fingerprint density at radius 3 is 2.05 bits per heavy atom. The second kappa shape index (κ2) is 14.2. The highest BCUT2D eigenvalue weighted by Crippen LogP contribution is 2.35. The average Bonchev–Trinajstić information content (AvgIpc) is 2.77. The van der Waals surface area contributed by atoms with Crippen LogP contribution < -0.4 is 4.74 Å². The molecule has 0 aromatic heterocycles. The van der Waals surface area contributed by atoms with Crippen molar-refractivity contribution in [1.29, 1.82) is 0 Å². The van der Waals surface area contributed by atoms with E-state index < -0.39 is 53.7 Å². The lowest BCUT2D eigenvalue weighted by Crippen LogP contribution is -2.61. The number of rotatable bonds is 11. The zero-order valence-corrected chi connectivity index (χ0v) is 23.1. The third kappa shape index (κ3) is 9.55. The highest BCUT2D eigenvalue weighted by atomic mass is 32.2. The topological polar surface area (TPSA) is 124 Å². The molecule has 2 rings (SSSR count). The van der Waals surface area contributed by atoms with Crippen molar-refractivity contribution in [3.63, 3.8) is 0 Å². The Balaban J connectivity index is 2.24. The molecule has 0 amide bonds. The summed E-state index contributed by atoms with van der Waals surface area (Å²) < 4.78 is 33.6. The van der Waals surface area contributed by atoms with Crippen molar-refractivity contribution >= 4 is 35.6 Å². The van der Waals surface area contributed by atoms with Gasteiger partial charge in [-0.1, -0.05) is 26.0 Å². The van der Waals surface area contributed by atoms with Crippen LogP contribution in [0.4, 0.5) is 0 Å². The highest BCUT2D eigenvalue weighted by Gasteiger charge is 2.52. The predicted octanol–water partition coefficient (Wildman–Crippen LogP) is 3.31. The lowest BCUT2D eigenvalue weighted by Gasteiger charge is -2.44. The monoisotopic (exact) mass is 540 g/mol. The number of ether oxygens (including phenoxy) is 6.